The maximum Gasteiger partial charge on any atom is 0.273 e. The van der Waals surface area contributed by atoms with Crippen LogP contribution in [0, 0.1) is 11.3 Å². The summed E-state index contributed by atoms with van der Waals surface area (Å²) in [7, 11) is 5.37. The first-order chi connectivity index (χ1) is 17.0. The maximum atomic E-state index is 13.7. The van der Waals surface area contributed by atoms with Gasteiger partial charge in [-0.05, 0) is 55.2 Å². The molecule has 0 radical (unpaired) electrons. The third-order valence-corrected chi connectivity index (χ3v) is 6.05. The van der Waals surface area contributed by atoms with Gasteiger partial charge in [-0.1, -0.05) is 63.2 Å². The molecule has 0 unspecified atom stereocenters. The van der Waals surface area contributed by atoms with Crippen molar-refractivity contribution in [2.24, 2.45) is 11.3 Å². The lowest BCUT2D eigenvalue weighted by molar-refractivity contribution is -0.151. The molecule has 4 N–H and O–H groups in total. The van der Waals surface area contributed by atoms with Crippen LogP contribution in [-0.4, -0.2) is 74.3 Å². The zero-order valence-electron chi connectivity index (χ0n) is 22.1. The second kappa shape index (κ2) is 13.3. The Labute approximate surface area is 213 Å². The molecule has 3 amide bonds. The summed E-state index contributed by atoms with van der Waals surface area (Å²) in [5, 5.41) is 16.9. The summed E-state index contributed by atoms with van der Waals surface area (Å²) in [6, 6.07) is 12.9. The third kappa shape index (κ3) is 8.29. The lowest BCUT2D eigenvalue weighted by atomic mass is 9.84. The first-order valence-electron chi connectivity index (χ1n) is 12.2. The van der Waals surface area contributed by atoms with Crippen LogP contribution in [0.4, 0.5) is 0 Å². The second-order valence-electron chi connectivity index (χ2n) is 10.3. The quantitative estimate of drug-likeness (QED) is 0.201. The molecule has 0 spiro atoms. The summed E-state index contributed by atoms with van der Waals surface area (Å²) in [6.45, 7) is 6.50. The predicted molar refractivity (Wildman–Crippen MR) is 139 cm³/mol. The molecule has 3 atom stereocenters. The van der Waals surface area contributed by atoms with Gasteiger partial charge in [-0.3, -0.25) is 19.6 Å². The van der Waals surface area contributed by atoms with E-state index in [0.717, 1.165) is 22.9 Å². The number of fused-ring (bicyclic) bond motifs is 1. The molecule has 0 aromatic heterocycles. The Morgan fingerprint density at radius 1 is 1.00 bits per heavy atom. The van der Waals surface area contributed by atoms with E-state index in [2.05, 4.69) is 10.6 Å². The van der Waals surface area contributed by atoms with Crippen LogP contribution in [0.3, 0.4) is 0 Å². The number of hydrogen-bond donors (Lipinski definition) is 4. The molecule has 9 nitrogen and oxygen atoms in total. The Morgan fingerprint density at radius 3 is 2.25 bits per heavy atom. The number of nitrogens with zero attached hydrogens (tertiary/aromatic N) is 1. The monoisotopic (exact) mass is 500 g/mol. The number of likely N-dealkylation sites (N-methyl/N-ethyl adjacent to an activating group) is 1. The Kier molecular flexibility index (Phi) is 10.8. The van der Waals surface area contributed by atoms with E-state index in [4.69, 9.17) is 4.74 Å². The number of carbonyl (C=O) groups excluding carboxylic acids is 3. The van der Waals surface area contributed by atoms with Crippen molar-refractivity contribution < 1.29 is 24.3 Å². The van der Waals surface area contributed by atoms with Crippen LogP contribution in [0.15, 0.2) is 42.5 Å². The number of hydroxylamine groups is 1. The van der Waals surface area contributed by atoms with Crippen LogP contribution in [0.5, 0.6) is 0 Å². The molecular weight excluding hydrogens is 460 g/mol. The predicted octanol–water partition coefficient (Wildman–Crippen LogP) is 2.12. The number of nitrogens with one attached hydrogen (secondary N) is 3. The van der Waals surface area contributed by atoms with Crippen molar-refractivity contribution >= 4 is 28.5 Å². The molecule has 0 aliphatic carbocycles. The molecule has 0 aliphatic rings. The molecule has 9 heteroatoms. The number of hydrogen-bond acceptors (Lipinski definition) is 6. The summed E-state index contributed by atoms with van der Waals surface area (Å²) < 4.78 is 5.88. The lowest BCUT2D eigenvalue weighted by Gasteiger charge is -2.33. The Hall–Kier alpha value is -3.01. The van der Waals surface area contributed by atoms with E-state index in [1.165, 1.54) is 7.05 Å². The zero-order chi connectivity index (χ0) is 26.9. The minimum absolute atomic E-state index is 0.174. The highest BCUT2D eigenvalue weighted by Crippen LogP contribution is 2.24. The van der Waals surface area contributed by atoms with Gasteiger partial charge >= 0.3 is 0 Å². The van der Waals surface area contributed by atoms with Crippen LogP contribution in [-0.2, 0) is 25.5 Å². The molecule has 0 bridgehead atoms. The van der Waals surface area contributed by atoms with Crippen molar-refractivity contribution in [2.45, 2.75) is 45.8 Å². The molecule has 2 rings (SSSR count). The van der Waals surface area contributed by atoms with Crippen molar-refractivity contribution in [3.8, 4) is 0 Å². The van der Waals surface area contributed by atoms with Gasteiger partial charge < -0.3 is 20.3 Å². The molecule has 0 fully saturated rings. The van der Waals surface area contributed by atoms with Gasteiger partial charge in [0.05, 0.1) is 5.92 Å². The topological polar surface area (TPSA) is 120 Å². The molecule has 36 heavy (non-hydrogen) atoms. The highest BCUT2D eigenvalue weighted by molar-refractivity contribution is 5.93. The van der Waals surface area contributed by atoms with Crippen LogP contribution in [0.2, 0.25) is 0 Å². The van der Waals surface area contributed by atoms with Crippen molar-refractivity contribution in [1.29, 1.82) is 0 Å². The van der Waals surface area contributed by atoms with Gasteiger partial charge in [0, 0.05) is 13.7 Å². The van der Waals surface area contributed by atoms with E-state index in [-0.39, 0.29) is 18.9 Å². The zero-order valence-corrected chi connectivity index (χ0v) is 22.1. The van der Waals surface area contributed by atoms with Crippen molar-refractivity contribution in [2.75, 3.05) is 34.3 Å². The molecule has 0 heterocycles. The van der Waals surface area contributed by atoms with Crippen molar-refractivity contribution in [3.63, 3.8) is 0 Å². The first-order valence-corrected chi connectivity index (χ1v) is 12.2. The largest absolute Gasteiger partial charge is 0.367 e. The van der Waals surface area contributed by atoms with Gasteiger partial charge in [-0.25, -0.2) is 5.48 Å². The number of carbonyl (C=O) groups is 3. The number of rotatable bonds is 12. The highest BCUT2D eigenvalue weighted by Gasteiger charge is 2.39. The number of benzene rings is 2. The van der Waals surface area contributed by atoms with Gasteiger partial charge in [0.1, 0.15) is 12.1 Å². The molecule has 198 valence electrons. The molecule has 0 saturated heterocycles. The number of ether oxygens (including phenoxy) is 1. The lowest BCUT2D eigenvalue weighted by Crippen LogP contribution is -2.56. The van der Waals surface area contributed by atoms with E-state index in [0.29, 0.717) is 6.42 Å². The fourth-order valence-electron chi connectivity index (χ4n) is 4.06. The van der Waals surface area contributed by atoms with E-state index >= 15 is 0 Å². The molecule has 2 aromatic rings. The van der Waals surface area contributed by atoms with Gasteiger partial charge in [-0.2, -0.15) is 0 Å². The van der Waals surface area contributed by atoms with Crippen LogP contribution < -0.4 is 16.1 Å². The Balaban J connectivity index is 2.41. The smallest absolute Gasteiger partial charge is 0.273 e. The average molecular weight is 501 g/mol. The molecule has 2 aromatic carbocycles. The summed E-state index contributed by atoms with van der Waals surface area (Å²) >= 11 is 0. The molecule has 0 saturated carbocycles. The SMILES string of the molecule is CNC(=O)[C@@H](NC(=O)[C@H](Cc1ccc2ccccc2c1)[C@H](OCCCN(C)C)C(=O)NO)C(C)(C)C. The summed E-state index contributed by atoms with van der Waals surface area (Å²) in [6.07, 6.45) is -0.448. The van der Waals surface area contributed by atoms with Gasteiger partial charge in [0.25, 0.3) is 5.91 Å². The molecular formula is C27H40N4O5. The maximum absolute atomic E-state index is 13.7. The summed E-state index contributed by atoms with van der Waals surface area (Å²) in [5.74, 6) is -2.65. The van der Waals surface area contributed by atoms with Gasteiger partial charge in [-0.15, -0.1) is 0 Å². The minimum Gasteiger partial charge on any atom is -0.367 e. The second-order valence-corrected chi connectivity index (χ2v) is 10.3. The van der Waals surface area contributed by atoms with Crippen molar-refractivity contribution in [3.05, 3.63) is 48.0 Å². The van der Waals surface area contributed by atoms with Crippen LogP contribution in [0.25, 0.3) is 10.8 Å². The number of amides is 3. The van der Waals surface area contributed by atoms with E-state index in [1.54, 1.807) is 5.48 Å². The van der Waals surface area contributed by atoms with Crippen LogP contribution in [0.1, 0.15) is 32.8 Å². The van der Waals surface area contributed by atoms with Gasteiger partial charge in [0.15, 0.2) is 0 Å². The average Bonchev–Trinajstić information content (AvgIpc) is 2.84. The minimum atomic E-state index is -1.26. The van der Waals surface area contributed by atoms with E-state index in [1.807, 2.05) is 82.2 Å². The van der Waals surface area contributed by atoms with Crippen molar-refractivity contribution in [1.82, 2.24) is 21.0 Å². The fourth-order valence-corrected chi connectivity index (χ4v) is 4.06. The highest BCUT2D eigenvalue weighted by atomic mass is 16.5. The third-order valence-electron chi connectivity index (χ3n) is 6.05. The first kappa shape index (κ1) is 29.2. The Bertz CT molecular complexity index is 1030. The normalized spacial score (nSPS) is 14.2. The van der Waals surface area contributed by atoms with Gasteiger partial charge in [0.2, 0.25) is 11.8 Å². The van der Waals surface area contributed by atoms with E-state index in [9.17, 15) is 19.6 Å². The summed E-state index contributed by atoms with van der Waals surface area (Å²) in [5.41, 5.74) is 1.90. The molecule has 0 aliphatic heterocycles. The fraction of sp³-hybridized carbons (Fsp3) is 0.519. The van der Waals surface area contributed by atoms with E-state index < -0.39 is 35.3 Å². The standard InChI is InChI=1S/C27H40N4O5/c1-27(2,3)23(26(34)28-4)29-24(32)21(22(25(33)30-35)36-15-9-14-31(5)6)17-18-12-13-19-10-7-8-11-20(19)16-18/h7-8,10-13,16,21-23,35H,9,14-15,17H2,1-6H3,(H,28,34)(H,29,32)(H,30,33)/t21-,22+,23-/m1/s1. The Morgan fingerprint density at radius 2 is 1.67 bits per heavy atom. The van der Waals surface area contributed by atoms with Crippen LogP contribution >= 0.6 is 0 Å². The summed E-state index contributed by atoms with van der Waals surface area (Å²) in [4.78, 5) is 40.9.